The van der Waals surface area contributed by atoms with Crippen molar-refractivity contribution in [2.75, 3.05) is 11.9 Å². The number of hydrogen-bond donors (Lipinski definition) is 2. The number of oxazole rings is 1. The van der Waals surface area contributed by atoms with Crippen molar-refractivity contribution in [2.24, 2.45) is 0 Å². The number of anilines is 1. The highest BCUT2D eigenvalue weighted by atomic mass is 32.2. The third-order valence-electron chi connectivity index (χ3n) is 4.66. The van der Waals surface area contributed by atoms with Gasteiger partial charge in [-0.2, -0.15) is 17.9 Å². The zero-order valence-electron chi connectivity index (χ0n) is 17.1. The van der Waals surface area contributed by atoms with Crippen LogP contribution in [0.4, 0.5) is 18.9 Å². The third-order valence-corrected chi connectivity index (χ3v) is 6.43. The quantitative estimate of drug-likeness (QED) is 0.547. The Kier molecular flexibility index (Phi) is 6.42. The zero-order valence-corrected chi connectivity index (χ0v) is 17.9. The van der Waals surface area contributed by atoms with Gasteiger partial charge in [-0.15, -0.1) is 0 Å². The lowest BCUT2D eigenvalue weighted by atomic mass is 10.1. The fraction of sp³-hybridized carbons (Fsp3) is 0.286. The smallest absolute Gasteiger partial charge is 0.406 e. The molecule has 0 aliphatic heterocycles. The summed E-state index contributed by atoms with van der Waals surface area (Å²) in [6.45, 7) is 4.22. The minimum atomic E-state index is -4.80. The second kappa shape index (κ2) is 8.72. The maximum Gasteiger partial charge on any atom is 0.406 e. The molecular formula is C21H22F3N3O3S. The van der Waals surface area contributed by atoms with E-state index in [2.05, 4.69) is 10.3 Å². The molecule has 10 heteroatoms. The Hall–Kier alpha value is -2.85. The van der Waals surface area contributed by atoms with E-state index in [4.69, 9.17) is 4.42 Å². The van der Waals surface area contributed by atoms with E-state index in [1.54, 1.807) is 57.2 Å². The van der Waals surface area contributed by atoms with Crippen LogP contribution in [0.15, 0.2) is 58.3 Å². The molecule has 1 aromatic heterocycles. The highest BCUT2D eigenvalue weighted by molar-refractivity contribution is 7.89. The number of sulfonamides is 1. The fourth-order valence-corrected chi connectivity index (χ4v) is 5.10. The summed E-state index contributed by atoms with van der Waals surface area (Å²) in [5.41, 5.74) is 2.61. The van der Waals surface area contributed by atoms with Crippen LogP contribution in [-0.4, -0.2) is 32.2 Å². The van der Waals surface area contributed by atoms with Crippen molar-refractivity contribution in [3.05, 3.63) is 65.7 Å². The number of benzene rings is 2. The van der Waals surface area contributed by atoms with Crippen molar-refractivity contribution in [2.45, 2.75) is 37.9 Å². The van der Waals surface area contributed by atoms with E-state index in [-0.39, 0.29) is 4.90 Å². The van der Waals surface area contributed by atoms with Crippen LogP contribution < -0.4 is 10.0 Å². The lowest BCUT2D eigenvalue weighted by Crippen LogP contribution is -2.49. The molecular weight excluding hydrogens is 431 g/mol. The summed E-state index contributed by atoms with van der Waals surface area (Å²) in [7, 11) is -4.40. The molecule has 0 saturated heterocycles. The summed E-state index contributed by atoms with van der Waals surface area (Å²) in [6, 6.07) is 7.46. The van der Waals surface area contributed by atoms with Crippen LogP contribution in [-0.2, 0) is 10.0 Å². The summed E-state index contributed by atoms with van der Waals surface area (Å²) >= 11 is 0. The van der Waals surface area contributed by atoms with E-state index in [1.165, 1.54) is 12.6 Å². The second-order valence-corrected chi connectivity index (χ2v) is 8.92. The largest absolute Gasteiger partial charge is 0.444 e. The topological polar surface area (TPSA) is 84.2 Å². The third kappa shape index (κ3) is 5.45. The highest BCUT2D eigenvalue weighted by Gasteiger charge is 2.42. The van der Waals surface area contributed by atoms with Crippen molar-refractivity contribution in [3.63, 3.8) is 0 Å². The lowest BCUT2D eigenvalue weighted by molar-refractivity contribution is -0.148. The molecule has 0 aliphatic carbocycles. The number of aromatic nitrogens is 1. The number of halogens is 3. The molecule has 1 atom stereocenters. The normalized spacial score (nSPS) is 13.2. The van der Waals surface area contributed by atoms with Gasteiger partial charge in [-0.3, -0.25) is 0 Å². The first kappa shape index (κ1) is 22.8. The summed E-state index contributed by atoms with van der Waals surface area (Å²) in [5, 5.41) is 2.66. The average molecular weight is 453 g/mol. The van der Waals surface area contributed by atoms with E-state index >= 15 is 0 Å². The Morgan fingerprint density at radius 2 is 1.77 bits per heavy atom. The standard InChI is InChI=1S/C21H22F3N3O3S/c1-13-7-14(2)20(15(3)8-13)31(28,29)27-19(21(22,23)24)11-26-17-6-4-5-16(9-17)18-10-25-12-30-18/h4-10,12,19,26-27H,11H2,1-3H3. The van der Waals surface area contributed by atoms with E-state index < -0.39 is 28.8 Å². The molecule has 166 valence electrons. The van der Waals surface area contributed by atoms with Gasteiger partial charge in [0, 0.05) is 17.8 Å². The highest BCUT2D eigenvalue weighted by Crippen LogP contribution is 2.27. The molecule has 2 aromatic carbocycles. The SMILES string of the molecule is Cc1cc(C)c(S(=O)(=O)NC(CNc2cccc(-c3cnco3)c2)C(F)(F)F)c(C)c1. The molecule has 1 unspecified atom stereocenters. The Morgan fingerprint density at radius 3 is 2.35 bits per heavy atom. The van der Waals surface area contributed by atoms with Gasteiger partial charge in [0.15, 0.2) is 12.2 Å². The van der Waals surface area contributed by atoms with E-state index in [0.29, 0.717) is 28.1 Å². The van der Waals surface area contributed by atoms with Crippen molar-refractivity contribution in [1.29, 1.82) is 0 Å². The molecule has 0 saturated carbocycles. The van der Waals surface area contributed by atoms with Crippen molar-refractivity contribution < 1.29 is 26.0 Å². The molecule has 3 rings (SSSR count). The van der Waals surface area contributed by atoms with Crippen LogP contribution in [0.25, 0.3) is 11.3 Å². The molecule has 0 fully saturated rings. The van der Waals surface area contributed by atoms with Gasteiger partial charge in [-0.25, -0.2) is 13.4 Å². The number of rotatable bonds is 7. The minimum Gasteiger partial charge on any atom is -0.444 e. The van der Waals surface area contributed by atoms with Crippen LogP contribution in [0.3, 0.4) is 0 Å². The molecule has 0 spiro atoms. The van der Waals surface area contributed by atoms with Gasteiger partial charge < -0.3 is 9.73 Å². The molecule has 1 heterocycles. The van der Waals surface area contributed by atoms with Crippen LogP contribution in [0.5, 0.6) is 0 Å². The van der Waals surface area contributed by atoms with Crippen molar-refractivity contribution in [1.82, 2.24) is 9.71 Å². The molecule has 0 aliphatic rings. The molecule has 0 amide bonds. The van der Waals surface area contributed by atoms with Gasteiger partial charge in [0.1, 0.15) is 6.04 Å². The summed E-state index contributed by atoms with van der Waals surface area (Å²) in [5.74, 6) is 0.460. The first-order chi connectivity index (χ1) is 14.5. The molecule has 31 heavy (non-hydrogen) atoms. The Balaban J connectivity index is 1.82. The molecule has 0 bridgehead atoms. The summed E-state index contributed by atoms with van der Waals surface area (Å²) in [4.78, 5) is 3.67. The molecule has 0 radical (unpaired) electrons. The summed E-state index contributed by atoms with van der Waals surface area (Å²) in [6.07, 6.45) is -2.06. The molecule has 6 nitrogen and oxygen atoms in total. The van der Waals surface area contributed by atoms with Crippen LogP contribution >= 0.6 is 0 Å². The maximum absolute atomic E-state index is 13.6. The maximum atomic E-state index is 13.6. The predicted octanol–water partition coefficient (Wildman–Crippen LogP) is 4.59. The number of aryl methyl sites for hydroxylation is 3. The zero-order chi connectivity index (χ0) is 22.8. The first-order valence-electron chi connectivity index (χ1n) is 9.37. The molecule has 2 N–H and O–H groups in total. The Labute approximate surface area is 178 Å². The van der Waals surface area contributed by atoms with Gasteiger partial charge in [0.25, 0.3) is 0 Å². The number of nitrogens with zero attached hydrogens (tertiary/aromatic N) is 1. The van der Waals surface area contributed by atoms with Gasteiger partial charge in [-0.1, -0.05) is 29.8 Å². The van der Waals surface area contributed by atoms with Gasteiger partial charge in [0.05, 0.1) is 11.1 Å². The van der Waals surface area contributed by atoms with E-state index in [9.17, 15) is 21.6 Å². The van der Waals surface area contributed by atoms with Crippen LogP contribution in [0, 0.1) is 20.8 Å². The first-order valence-corrected chi connectivity index (χ1v) is 10.9. The Morgan fingerprint density at radius 1 is 1.10 bits per heavy atom. The van der Waals surface area contributed by atoms with Crippen LogP contribution in [0.1, 0.15) is 16.7 Å². The van der Waals surface area contributed by atoms with E-state index in [1.807, 2.05) is 4.72 Å². The predicted molar refractivity (Wildman–Crippen MR) is 111 cm³/mol. The number of alkyl halides is 3. The number of nitrogens with one attached hydrogen (secondary N) is 2. The number of hydrogen-bond acceptors (Lipinski definition) is 5. The Bertz CT molecular complexity index is 1140. The molecule has 3 aromatic rings. The van der Waals surface area contributed by atoms with Crippen molar-refractivity contribution >= 4 is 15.7 Å². The lowest BCUT2D eigenvalue weighted by Gasteiger charge is -2.23. The van der Waals surface area contributed by atoms with Gasteiger partial charge in [-0.05, 0) is 44.0 Å². The second-order valence-electron chi connectivity index (χ2n) is 7.27. The summed E-state index contributed by atoms with van der Waals surface area (Å²) < 4.78 is 73.6. The van der Waals surface area contributed by atoms with Crippen molar-refractivity contribution in [3.8, 4) is 11.3 Å². The fourth-order valence-electron chi connectivity index (χ4n) is 3.42. The monoisotopic (exact) mass is 453 g/mol. The van der Waals surface area contributed by atoms with Gasteiger partial charge >= 0.3 is 6.18 Å². The average Bonchev–Trinajstić information content (AvgIpc) is 3.18. The van der Waals surface area contributed by atoms with Gasteiger partial charge in [0.2, 0.25) is 10.0 Å². The minimum absolute atomic E-state index is 0.139. The van der Waals surface area contributed by atoms with Crippen LogP contribution in [0.2, 0.25) is 0 Å². The van der Waals surface area contributed by atoms with E-state index in [0.717, 1.165) is 5.56 Å².